The molecule has 3 rings (SSSR count). The first-order valence-corrected chi connectivity index (χ1v) is 8.58. The zero-order chi connectivity index (χ0) is 15.0. The van der Waals surface area contributed by atoms with Gasteiger partial charge in [0.2, 0.25) is 0 Å². The van der Waals surface area contributed by atoms with Crippen LogP contribution in [-0.2, 0) is 11.8 Å². The Morgan fingerprint density at radius 3 is 2.52 bits per heavy atom. The number of aromatic nitrogens is 2. The third-order valence-electron chi connectivity index (χ3n) is 4.08. The number of halogens is 1. The lowest BCUT2D eigenvalue weighted by Gasteiger charge is -2.18. The number of rotatable bonds is 4. The highest BCUT2D eigenvalue weighted by Gasteiger charge is 2.48. The summed E-state index contributed by atoms with van der Waals surface area (Å²) in [6.07, 6.45) is 3.25. The van der Waals surface area contributed by atoms with E-state index in [1.807, 2.05) is 0 Å². The molecule has 4 heteroatoms. The maximum atomic E-state index is 5.45. The first-order valence-electron chi connectivity index (χ1n) is 7.37. The summed E-state index contributed by atoms with van der Waals surface area (Å²) < 4.78 is 1.61. The first-order chi connectivity index (χ1) is 10.0. The highest BCUT2D eigenvalue weighted by Crippen LogP contribution is 2.52. The van der Waals surface area contributed by atoms with Gasteiger partial charge in [0.1, 0.15) is 10.5 Å². The standard InChI is InChI=1S/C17H19BrN2S/c1-11(2)10-13-14(18)15(21)20-16(19-13)17(8-9-17)12-6-4-3-5-7-12/h3-7,11H,8-10H2,1-2H3,(H,19,20,21). The fourth-order valence-electron chi connectivity index (χ4n) is 2.83. The Hall–Kier alpha value is -1.00. The van der Waals surface area contributed by atoms with Gasteiger partial charge in [0.05, 0.1) is 9.89 Å². The number of nitrogens with zero attached hydrogens (tertiary/aromatic N) is 1. The molecule has 0 atom stereocenters. The van der Waals surface area contributed by atoms with Crippen LogP contribution in [0.5, 0.6) is 0 Å². The van der Waals surface area contributed by atoms with Crippen LogP contribution in [0, 0.1) is 10.6 Å². The fraction of sp³-hybridized carbons (Fsp3) is 0.412. The Kier molecular flexibility index (Phi) is 4.02. The summed E-state index contributed by atoms with van der Waals surface area (Å²) in [5.41, 5.74) is 2.55. The van der Waals surface area contributed by atoms with Gasteiger partial charge in [-0.15, -0.1) is 0 Å². The zero-order valence-corrected chi connectivity index (χ0v) is 14.7. The van der Waals surface area contributed by atoms with Crippen LogP contribution >= 0.6 is 28.1 Å². The largest absolute Gasteiger partial charge is 0.345 e. The lowest BCUT2D eigenvalue weighted by Crippen LogP contribution is -2.16. The van der Waals surface area contributed by atoms with Crippen LogP contribution in [0.15, 0.2) is 34.8 Å². The summed E-state index contributed by atoms with van der Waals surface area (Å²) in [4.78, 5) is 8.23. The predicted molar refractivity (Wildman–Crippen MR) is 92.1 cm³/mol. The van der Waals surface area contributed by atoms with Crippen molar-refractivity contribution in [2.24, 2.45) is 5.92 Å². The molecule has 1 aliphatic carbocycles. The predicted octanol–water partition coefficient (Wildman–Crippen LogP) is 5.18. The Labute approximate surface area is 139 Å². The van der Waals surface area contributed by atoms with E-state index in [9.17, 15) is 0 Å². The number of nitrogens with one attached hydrogen (secondary N) is 1. The number of hydrogen-bond acceptors (Lipinski definition) is 2. The molecule has 0 unspecified atom stereocenters. The first kappa shape index (κ1) is 14.9. The van der Waals surface area contributed by atoms with E-state index in [0.29, 0.717) is 10.6 Å². The SMILES string of the molecule is CC(C)Cc1[nH]c(C2(c3ccccc3)CC2)nc(=S)c1Br. The lowest BCUT2D eigenvalue weighted by atomic mass is 9.95. The zero-order valence-electron chi connectivity index (χ0n) is 12.3. The molecule has 0 radical (unpaired) electrons. The second-order valence-electron chi connectivity index (χ2n) is 6.23. The summed E-state index contributed by atoms with van der Waals surface area (Å²) >= 11 is 9.04. The van der Waals surface area contributed by atoms with Crippen molar-refractivity contribution in [3.8, 4) is 0 Å². The van der Waals surface area contributed by atoms with E-state index >= 15 is 0 Å². The molecular formula is C17H19BrN2S. The van der Waals surface area contributed by atoms with Gasteiger partial charge >= 0.3 is 0 Å². The van der Waals surface area contributed by atoms with E-state index in [2.05, 4.69) is 70.1 Å². The number of benzene rings is 1. The highest BCUT2D eigenvalue weighted by atomic mass is 79.9. The minimum Gasteiger partial charge on any atom is -0.345 e. The molecule has 1 aliphatic rings. The molecule has 1 N–H and O–H groups in total. The van der Waals surface area contributed by atoms with Crippen LogP contribution in [0.1, 0.15) is 43.8 Å². The van der Waals surface area contributed by atoms with Crippen LogP contribution in [0.3, 0.4) is 0 Å². The van der Waals surface area contributed by atoms with Gasteiger partial charge < -0.3 is 4.98 Å². The molecule has 1 saturated carbocycles. The van der Waals surface area contributed by atoms with Gasteiger partial charge in [-0.2, -0.15) is 0 Å². The third-order valence-corrected chi connectivity index (χ3v) is 5.49. The van der Waals surface area contributed by atoms with Gasteiger partial charge in [0.15, 0.2) is 0 Å². The molecule has 1 fully saturated rings. The number of hydrogen-bond donors (Lipinski definition) is 1. The molecular weight excluding hydrogens is 344 g/mol. The van der Waals surface area contributed by atoms with Gasteiger partial charge in [0, 0.05) is 5.69 Å². The van der Waals surface area contributed by atoms with E-state index in [4.69, 9.17) is 12.2 Å². The average Bonchev–Trinajstić information content (AvgIpc) is 3.26. The molecule has 2 aromatic rings. The third kappa shape index (κ3) is 2.84. The Morgan fingerprint density at radius 2 is 1.95 bits per heavy atom. The lowest BCUT2D eigenvalue weighted by molar-refractivity contribution is 0.620. The normalized spacial score (nSPS) is 16.2. The molecule has 0 amide bonds. The molecule has 0 saturated heterocycles. The van der Waals surface area contributed by atoms with Gasteiger partial charge in [-0.1, -0.05) is 56.4 Å². The van der Waals surface area contributed by atoms with Crippen LogP contribution < -0.4 is 0 Å². The summed E-state index contributed by atoms with van der Waals surface area (Å²) in [6, 6.07) is 10.6. The molecule has 0 bridgehead atoms. The molecule has 0 spiro atoms. The van der Waals surface area contributed by atoms with Crippen molar-refractivity contribution < 1.29 is 0 Å². The van der Waals surface area contributed by atoms with Crippen molar-refractivity contribution in [2.75, 3.05) is 0 Å². The van der Waals surface area contributed by atoms with Gasteiger partial charge in [-0.25, -0.2) is 4.98 Å². The highest BCUT2D eigenvalue weighted by molar-refractivity contribution is 9.10. The minimum atomic E-state index is 0.0429. The second-order valence-corrected chi connectivity index (χ2v) is 7.41. The summed E-state index contributed by atoms with van der Waals surface area (Å²) in [5.74, 6) is 1.60. The maximum Gasteiger partial charge on any atom is 0.144 e. The molecule has 1 heterocycles. The van der Waals surface area contributed by atoms with Gasteiger partial charge in [-0.3, -0.25) is 0 Å². The van der Waals surface area contributed by atoms with E-state index in [0.717, 1.165) is 29.6 Å². The topological polar surface area (TPSA) is 28.7 Å². The van der Waals surface area contributed by atoms with Crippen molar-refractivity contribution in [2.45, 2.75) is 38.5 Å². The molecule has 1 aromatic carbocycles. The van der Waals surface area contributed by atoms with E-state index in [1.54, 1.807) is 0 Å². The summed E-state index contributed by atoms with van der Waals surface area (Å²) in [7, 11) is 0. The fourth-order valence-corrected chi connectivity index (χ4v) is 3.39. The van der Waals surface area contributed by atoms with Crippen molar-refractivity contribution in [1.82, 2.24) is 9.97 Å². The Balaban J connectivity index is 2.07. The van der Waals surface area contributed by atoms with Crippen molar-refractivity contribution in [1.29, 1.82) is 0 Å². The molecule has 0 aliphatic heterocycles. The van der Waals surface area contributed by atoms with E-state index in [1.165, 1.54) is 11.3 Å². The molecule has 21 heavy (non-hydrogen) atoms. The quantitative estimate of drug-likeness (QED) is 0.759. The Bertz CT molecular complexity index is 702. The van der Waals surface area contributed by atoms with Crippen LogP contribution in [0.25, 0.3) is 0 Å². The van der Waals surface area contributed by atoms with Crippen LogP contribution in [0.4, 0.5) is 0 Å². The van der Waals surface area contributed by atoms with Crippen LogP contribution in [-0.4, -0.2) is 9.97 Å². The van der Waals surface area contributed by atoms with E-state index in [-0.39, 0.29) is 5.41 Å². The van der Waals surface area contributed by atoms with Crippen molar-refractivity contribution >= 4 is 28.1 Å². The molecule has 110 valence electrons. The second kappa shape index (κ2) is 5.65. The van der Waals surface area contributed by atoms with Crippen LogP contribution in [0.2, 0.25) is 0 Å². The smallest absolute Gasteiger partial charge is 0.144 e. The average molecular weight is 363 g/mol. The maximum absolute atomic E-state index is 5.45. The minimum absolute atomic E-state index is 0.0429. The molecule has 2 nitrogen and oxygen atoms in total. The van der Waals surface area contributed by atoms with Crippen molar-refractivity contribution in [3.05, 3.63) is 56.5 Å². The molecule has 1 aromatic heterocycles. The van der Waals surface area contributed by atoms with Gasteiger partial charge in [0.25, 0.3) is 0 Å². The monoisotopic (exact) mass is 362 g/mol. The summed E-state index contributed by atoms with van der Waals surface area (Å²) in [6.45, 7) is 4.43. The number of aromatic amines is 1. The number of H-pyrrole nitrogens is 1. The van der Waals surface area contributed by atoms with E-state index < -0.39 is 0 Å². The van der Waals surface area contributed by atoms with Gasteiger partial charge in [-0.05, 0) is 46.7 Å². The Morgan fingerprint density at radius 1 is 1.29 bits per heavy atom. The van der Waals surface area contributed by atoms with Crippen molar-refractivity contribution in [3.63, 3.8) is 0 Å². The summed E-state index contributed by atoms with van der Waals surface area (Å²) in [5, 5.41) is 0.